The summed E-state index contributed by atoms with van der Waals surface area (Å²) in [6, 6.07) is 12.1. The minimum absolute atomic E-state index is 0.128. The first kappa shape index (κ1) is 22.0. The monoisotopic (exact) mass is 478 g/mol. The topological polar surface area (TPSA) is 88.4 Å². The highest BCUT2D eigenvalue weighted by Gasteiger charge is 2.34. The summed E-state index contributed by atoms with van der Waals surface area (Å²) in [7, 11) is 1.60. The zero-order valence-corrected chi connectivity index (χ0v) is 19.7. The lowest BCUT2D eigenvalue weighted by atomic mass is 9.95. The molecule has 1 aromatic heterocycles. The van der Waals surface area contributed by atoms with Gasteiger partial charge in [-0.25, -0.2) is 9.79 Å². The maximum atomic E-state index is 13.6. The Morgan fingerprint density at radius 1 is 1.21 bits per heavy atom. The lowest BCUT2D eigenvalue weighted by Gasteiger charge is -2.24. The molecule has 8 nitrogen and oxygen atoms in total. The van der Waals surface area contributed by atoms with E-state index in [-0.39, 0.29) is 19.0 Å². The molecule has 0 bridgehead atoms. The van der Waals surface area contributed by atoms with Gasteiger partial charge in [0, 0.05) is 0 Å². The van der Waals surface area contributed by atoms with Gasteiger partial charge in [0.05, 0.1) is 35.6 Å². The van der Waals surface area contributed by atoms with Crippen molar-refractivity contribution in [3.05, 3.63) is 84.5 Å². The molecule has 3 aromatic rings. The number of methoxy groups -OCH3 is 1. The fourth-order valence-corrected chi connectivity index (χ4v) is 5.09. The fourth-order valence-electron chi connectivity index (χ4n) is 4.04. The highest BCUT2D eigenvalue weighted by Crippen LogP contribution is 2.38. The Morgan fingerprint density at radius 2 is 1.97 bits per heavy atom. The van der Waals surface area contributed by atoms with Gasteiger partial charge in [-0.3, -0.25) is 9.36 Å². The Kier molecular flexibility index (Phi) is 5.70. The predicted octanol–water partition coefficient (Wildman–Crippen LogP) is 2.54. The number of esters is 1. The number of carbonyl (C=O) groups is 1. The summed E-state index contributed by atoms with van der Waals surface area (Å²) in [4.78, 5) is 31.7. The molecule has 0 spiro atoms. The van der Waals surface area contributed by atoms with Gasteiger partial charge in [0.15, 0.2) is 16.3 Å². The van der Waals surface area contributed by atoms with E-state index >= 15 is 0 Å². The smallest absolute Gasteiger partial charge is 0.338 e. The molecule has 174 valence electrons. The van der Waals surface area contributed by atoms with Crippen LogP contribution in [-0.4, -0.2) is 31.0 Å². The molecule has 2 aliphatic heterocycles. The number of fused-ring (bicyclic) bond motifs is 2. The van der Waals surface area contributed by atoms with Crippen LogP contribution in [-0.2, 0) is 9.53 Å². The zero-order chi connectivity index (χ0) is 23.8. The van der Waals surface area contributed by atoms with Crippen LogP contribution >= 0.6 is 11.3 Å². The van der Waals surface area contributed by atoms with Gasteiger partial charge >= 0.3 is 5.97 Å². The Balaban J connectivity index is 1.69. The summed E-state index contributed by atoms with van der Waals surface area (Å²) in [5, 5.41) is 0. The average Bonchev–Trinajstić information content (AvgIpc) is 3.42. The number of rotatable bonds is 5. The van der Waals surface area contributed by atoms with E-state index in [4.69, 9.17) is 18.9 Å². The number of ether oxygens (including phenoxy) is 4. The zero-order valence-electron chi connectivity index (χ0n) is 18.9. The van der Waals surface area contributed by atoms with Crippen molar-refractivity contribution in [1.82, 2.24) is 4.57 Å². The molecule has 0 unspecified atom stereocenters. The van der Waals surface area contributed by atoms with Crippen LogP contribution < -0.4 is 29.1 Å². The van der Waals surface area contributed by atoms with E-state index in [9.17, 15) is 9.59 Å². The van der Waals surface area contributed by atoms with E-state index in [1.807, 2.05) is 36.4 Å². The first-order valence-corrected chi connectivity index (χ1v) is 11.5. The molecule has 9 heteroatoms. The maximum absolute atomic E-state index is 13.6. The molecule has 0 N–H and O–H groups in total. The summed E-state index contributed by atoms with van der Waals surface area (Å²) < 4.78 is 23.6. The molecule has 0 radical (unpaired) electrons. The number of benzene rings is 2. The van der Waals surface area contributed by atoms with Gasteiger partial charge in [-0.15, -0.1) is 0 Å². The van der Waals surface area contributed by atoms with E-state index < -0.39 is 12.0 Å². The number of aromatic nitrogens is 1. The number of thiazole rings is 1. The second-order valence-electron chi connectivity index (χ2n) is 7.69. The number of allylic oxidation sites excluding steroid dienone is 1. The molecule has 0 saturated heterocycles. The molecule has 0 aliphatic carbocycles. The number of nitrogens with zero attached hydrogens (tertiary/aromatic N) is 2. The minimum atomic E-state index is -0.706. The predicted molar refractivity (Wildman–Crippen MR) is 126 cm³/mol. The number of hydrogen-bond acceptors (Lipinski definition) is 8. The SMILES string of the molecule is CCOC(=O)C1=C(C)N=c2s/c(=C\c3ccc(OC)cc3)c(=O)n2[C@@H]1c1ccc2c(c1)OCO2. The Hall–Kier alpha value is -3.85. The van der Waals surface area contributed by atoms with Crippen LogP contribution in [0.5, 0.6) is 17.2 Å². The van der Waals surface area contributed by atoms with Crippen LogP contribution in [0.1, 0.15) is 31.0 Å². The number of carbonyl (C=O) groups excluding carboxylic acids is 1. The normalized spacial score (nSPS) is 16.8. The molecule has 3 heterocycles. The van der Waals surface area contributed by atoms with Crippen molar-refractivity contribution in [2.75, 3.05) is 20.5 Å². The Bertz CT molecular complexity index is 1480. The molecular formula is C25H22N2O6S. The van der Waals surface area contributed by atoms with Crippen LogP contribution in [0, 0.1) is 0 Å². The van der Waals surface area contributed by atoms with Gasteiger partial charge in [-0.05, 0) is 55.3 Å². The van der Waals surface area contributed by atoms with Gasteiger partial charge in [-0.2, -0.15) is 0 Å². The fraction of sp³-hybridized carbons (Fsp3) is 0.240. The van der Waals surface area contributed by atoms with Crippen molar-refractivity contribution in [3.63, 3.8) is 0 Å². The largest absolute Gasteiger partial charge is 0.497 e. The third kappa shape index (κ3) is 3.77. The molecule has 0 saturated carbocycles. The molecular weight excluding hydrogens is 456 g/mol. The van der Waals surface area contributed by atoms with Crippen molar-refractivity contribution in [2.24, 2.45) is 4.99 Å². The van der Waals surface area contributed by atoms with E-state index in [2.05, 4.69) is 4.99 Å². The van der Waals surface area contributed by atoms with Crippen molar-refractivity contribution in [3.8, 4) is 17.2 Å². The van der Waals surface area contributed by atoms with Crippen LogP contribution in [0.2, 0.25) is 0 Å². The van der Waals surface area contributed by atoms with E-state index in [0.29, 0.717) is 37.7 Å². The minimum Gasteiger partial charge on any atom is -0.497 e. The molecule has 0 amide bonds. The van der Waals surface area contributed by atoms with Crippen LogP contribution in [0.3, 0.4) is 0 Å². The van der Waals surface area contributed by atoms with Crippen molar-refractivity contribution >= 4 is 23.4 Å². The lowest BCUT2D eigenvalue weighted by Crippen LogP contribution is -2.39. The van der Waals surface area contributed by atoms with E-state index in [1.54, 1.807) is 37.7 Å². The van der Waals surface area contributed by atoms with Crippen LogP contribution in [0.4, 0.5) is 0 Å². The summed E-state index contributed by atoms with van der Waals surface area (Å²) in [5.41, 5.74) is 2.16. The quantitative estimate of drug-likeness (QED) is 0.524. The highest BCUT2D eigenvalue weighted by atomic mass is 32.1. The molecule has 0 fully saturated rings. The van der Waals surface area contributed by atoms with E-state index in [1.165, 1.54) is 11.3 Å². The maximum Gasteiger partial charge on any atom is 0.338 e. The third-order valence-corrected chi connectivity index (χ3v) is 6.63. The lowest BCUT2D eigenvalue weighted by molar-refractivity contribution is -0.139. The van der Waals surface area contributed by atoms with Gasteiger partial charge < -0.3 is 18.9 Å². The summed E-state index contributed by atoms with van der Waals surface area (Å²) >= 11 is 1.28. The average molecular weight is 479 g/mol. The second kappa shape index (κ2) is 8.83. The van der Waals surface area contributed by atoms with Gasteiger partial charge in [0.2, 0.25) is 6.79 Å². The standard InChI is InChI=1S/C25H22N2O6S/c1-4-31-24(29)21-14(2)26-25-27(22(21)16-7-10-18-19(12-16)33-13-32-18)23(28)20(34-25)11-15-5-8-17(30-3)9-6-15/h5-12,22H,4,13H2,1-3H3/b20-11-/t22-/m1/s1. The Labute approximate surface area is 199 Å². The first-order valence-electron chi connectivity index (χ1n) is 10.7. The van der Waals surface area contributed by atoms with Gasteiger partial charge in [-0.1, -0.05) is 29.5 Å². The number of hydrogen-bond donors (Lipinski definition) is 0. The Morgan fingerprint density at radius 3 is 2.71 bits per heavy atom. The summed E-state index contributed by atoms with van der Waals surface area (Å²) in [6.07, 6.45) is 1.81. The third-order valence-electron chi connectivity index (χ3n) is 5.64. The molecule has 1 atom stereocenters. The second-order valence-corrected chi connectivity index (χ2v) is 8.70. The van der Waals surface area contributed by atoms with Crippen molar-refractivity contribution in [2.45, 2.75) is 19.9 Å². The summed E-state index contributed by atoms with van der Waals surface area (Å²) in [6.45, 7) is 3.84. The molecule has 34 heavy (non-hydrogen) atoms. The molecule has 2 aromatic carbocycles. The summed E-state index contributed by atoms with van der Waals surface area (Å²) in [5.74, 6) is 1.41. The first-order chi connectivity index (χ1) is 16.5. The van der Waals surface area contributed by atoms with Crippen molar-refractivity contribution in [1.29, 1.82) is 0 Å². The van der Waals surface area contributed by atoms with Gasteiger partial charge in [0.25, 0.3) is 5.56 Å². The molecule has 2 aliphatic rings. The van der Waals surface area contributed by atoms with E-state index in [0.717, 1.165) is 11.3 Å². The van der Waals surface area contributed by atoms with Gasteiger partial charge in [0.1, 0.15) is 5.75 Å². The van der Waals surface area contributed by atoms with Crippen LogP contribution in [0.15, 0.2) is 63.5 Å². The molecule has 5 rings (SSSR count). The van der Waals surface area contributed by atoms with Crippen molar-refractivity contribution < 1.29 is 23.7 Å². The van der Waals surface area contributed by atoms with Crippen LogP contribution in [0.25, 0.3) is 6.08 Å². The highest BCUT2D eigenvalue weighted by molar-refractivity contribution is 7.07.